The van der Waals surface area contributed by atoms with Crippen LogP contribution in [0.4, 0.5) is 0 Å². The number of hydrogen-bond acceptors (Lipinski definition) is 3. The first-order chi connectivity index (χ1) is 6.87. The summed E-state index contributed by atoms with van der Waals surface area (Å²) in [6.45, 7) is 2.07. The van der Waals surface area contributed by atoms with Crippen molar-refractivity contribution in [1.82, 2.24) is 5.32 Å². The molecule has 0 aliphatic carbocycles. The average molecular weight is 192 g/mol. The zero-order valence-electron chi connectivity index (χ0n) is 8.28. The molecule has 0 saturated carbocycles. The first-order valence-electron chi connectivity index (χ1n) is 5.24. The first kappa shape index (κ1) is 9.59. The van der Waals surface area contributed by atoms with Gasteiger partial charge in [-0.2, -0.15) is 0 Å². The van der Waals surface area contributed by atoms with Gasteiger partial charge in [-0.1, -0.05) is 6.08 Å². The molecule has 0 spiro atoms. The van der Waals surface area contributed by atoms with Crippen molar-refractivity contribution in [2.75, 3.05) is 13.1 Å². The molecule has 0 bridgehead atoms. The Morgan fingerprint density at radius 2 is 2.21 bits per heavy atom. The van der Waals surface area contributed by atoms with Gasteiger partial charge in [0.2, 0.25) is 0 Å². The summed E-state index contributed by atoms with van der Waals surface area (Å²) in [6.07, 6.45) is 9.68. The Bertz CT molecular complexity index is 266. The predicted octanol–water partition coefficient (Wildman–Crippen LogP) is 1.16. The molecule has 2 aliphatic rings. The molecule has 1 saturated heterocycles. The van der Waals surface area contributed by atoms with Crippen LogP contribution >= 0.6 is 0 Å². The van der Waals surface area contributed by atoms with Gasteiger partial charge in [0, 0.05) is 12.4 Å². The van der Waals surface area contributed by atoms with Crippen LogP contribution in [0.15, 0.2) is 17.3 Å². The van der Waals surface area contributed by atoms with Gasteiger partial charge in [0.05, 0.1) is 5.41 Å². The van der Waals surface area contributed by atoms with Gasteiger partial charge >= 0.3 is 0 Å². The topological polar surface area (TPSA) is 41.5 Å². The number of aliphatic imine (C=N–C) groups is 1. The summed E-state index contributed by atoms with van der Waals surface area (Å²) in [4.78, 5) is 15.3. The summed E-state index contributed by atoms with van der Waals surface area (Å²) in [7, 11) is 0. The number of nitrogens with one attached hydrogen (secondary N) is 1. The number of hydrogen-bond donors (Lipinski definition) is 1. The molecule has 0 amide bonds. The Labute approximate surface area is 84.3 Å². The molecule has 0 radical (unpaired) electrons. The second-order valence-electron chi connectivity index (χ2n) is 4.11. The van der Waals surface area contributed by atoms with Crippen molar-refractivity contribution in [2.24, 2.45) is 16.3 Å². The normalized spacial score (nSPS) is 33.1. The van der Waals surface area contributed by atoms with Crippen LogP contribution in [0.1, 0.15) is 19.3 Å². The molecule has 1 unspecified atom stereocenters. The molecule has 0 aromatic heterocycles. The molecular weight excluding hydrogens is 176 g/mol. The van der Waals surface area contributed by atoms with E-state index < -0.39 is 0 Å². The van der Waals surface area contributed by atoms with E-state index in [1.807, 2.05) is 12.3 Å². The minimum absolute atomic E-state index is 0.260. The highest BCUT2D eigenvalue weighted by molar-refractivity contribution is 5.74. The van der Waals surface area contributed by atoms with Gasteiger partial charge in [0.1, 0.15) is 6.29 Å². The van der Waals surface area contributed by atoms with E-state index in [0.29, 0.717) is 5.92 Å². The van der Waals surface area contributed by atoms with Crippen molar-refractivity contribution >= 4 is 12.5 Å². The highest BCUT2D eigenvalue weighted by atomic mass is 16.1. The molecule has 1 fully saturated rings. The zero-order valence-corrected chi connectivity index (χ0v) is 8.28. The lowest BCUT2D eigenvalue weighted by Crippen LogP contribution is -2.39. The van der Waals surface area contributed by atoms with Crippen LogP contribution in [-0.4, -0.2) is 25.6 Å². The fourth-order valence-electron chi connectivity index (χ4n) is 2.37. The number of aldehydes is 1. The van der Waals surface area contributed by atoms with Gasteiger partial charge in [-0.3, -0.25) is 4.99 Å². The van der Waals surface area contributed by atoms with Gasteiger partial charge < -0.3 is 10.1 Å². The lowest BCUT2D eigenvalue weighted by atomic mass is 9.69. The minimum atomic E-state index is -0.260. The van der Waals surface area contributed by atoms with Crippen LogP contribution in [0.3, 0.4) is 0 Å². The summed E-state index contributed by atoms with van der Waals surface area (Å²) in [6, 6.07) is 0. The molecule has 76 valence electrons. The van der Waals surface area contributed by atoms with Crippen molar-refractivity contribution < 1.29 is 4.79 Å². The van der Waals surface area contributed by atoms with Crippen LogP contribution < -0.4 is 5.32 Å². The third-order valence-electron chi connectivity index (χ3n) is 3.34. The largest absolute Gasteiger partial charge is 0.317 e. The van der Waals surface area contributed by atoms with Crippen LogP contribution in [0.25, 0.3) is 0 Å². The Hall–Kier alpha value is -0.960. The van der Waals surface area contributed by atoms with Crippen LogP contribution in [0.2, 0.25) is 0 Å². The number of carbonyl (C=O) groups excluding carboxylic acids is 1. The number of allylic oxidation sites excluding steroid dienone is 1. The number of piperidine rings is 1. The molecule has 14 heavy (non-hydrogen) atoms. The second kappa shape index (κ2) is 4.05. The number of nitrogens with zero attached hydrogens (tertiary/aromatic N) is 1. The standard InChI is InChI=1S/C11H16N2O/c14-9-11(3-7-13-8-4-11)10-1-5-12-6-2-10/h3,7-10,12H,1-2,4-6H2. The molecule has 2 aliphatic heterocycles. The molecular formula is C11H16N2O. The maximum Gasteiger partial charge on any atom is 0.130 e. The third kappa shape index (κ3) is 1.64. The Morgan fingerprint density at radius 3 is 2.79 bits per heavy atom. The van der Waals surface area contributed by atoms with E-state index in [4.69, 9.17) is 0 Å². The Kier molecular flexibility index (Phi) is 2.77. The second-order valence-corrected chi connectivity index (χ2v) is 4.11. The van der Waals surface area contributed by atoms with Gasteiger partial charge in [-0.15, -0.1) is 0 Å². The maximum absolute atomic E-state index is 11.2. The van der Waals surface area contributed by atoms with Crippen molar-refractivity contribution in [1.29, 1.82) is 0 Å². The van der Waals surface area contributed by atoms with Crippen molar-refractivity contribution in [3.63, 3.8) is 0 Å². The first-order valence-corrected chi connectivity index (χ1v) is 5.24. The summed E-state index contributed by atoms with van der Waals surface area (Å²) in [5, 5.41) is 3.32. The molecule has 0 aromatic carbocycles. The van der Waals surface area contributed by atoms with Crippen LogP contribution in [-0.2, 0) is 4.79 Å². The summed E-state index contributed by atoms with van der Waals surface area (Å²) in [5.74, 6) is 0.490. The third-order valence-corrected chi connectivity index (χ3v) is 3.34. The van der Waals surface area contributed by atoms with Gasteiger partial charge in [-0.25, -0.2) is 0 Å². The monoisotopic (exact) mass is 192 g/mol. The van der Waals surface area contributed by atoms with Crippen molar-refractivity contribution in [3.8, 4) is 0 Å². The molecule has 3 nitrogen and oxygen atoms in total. The Balaban J connectivity index is 2.14. The van der Waals surface area contributed by atoms with E-state index in [1.54, 1.807) is 6.20 Å². The SMILES string of the molecule is O=CC1(C2CCNCC2)C=CN=CC1. The van der Waals surface area contributed by atoms with E-state index in [-0.39, 0.29) is 5.41 Å². The fourth-order valence-corrected chi connectivity index (χ4v) is 2.37. The molecule has 0 aromatic rings. The molecule has 1 atom stereocenters. The summed E-state index contributed by atoms with van der Waals surface area (Å²) >= 11 is 0. The highest BCUT2D eigenvalue weighted by Gasteiger charge is 2.37. The molecule has 1 N–H and O–H groups in total. The minimum Gasteiger partial charge on any atom is -0.317 e. The number of rotatable bonds is 2. The number of carbonyl (C=O) groups is 1. The lowest BCUT2D eigenvalue weighted by Gasteiger charge is -2.36. The van der Waals surface area contributed by atoms with Crippen LogP contribution in [0.5, 0.6) is 0 Å². The lowest BCUT2D eigenvalue weighted by molar-refractivity contribution is -0.116. The smallest absolute Gasteiger partial charge is 0.130 e. The van der Waals surface area contributed by atoms with Gasteiger partial charge in [-0.05, 0) is 38.3 Å². The molecule has 2 rings (SSSR count). The van der Waals surface area contributed by atoms with Crippen LogP contribution in [0, 0.1) is 11.3 Å². The maximum atomic E-state index is 11.2. The van der Waals surface area contributed by atoms with E-state index in [1.165, 1.54) is 0 Å². The van der Waals surface area contributed by atoms with E-state index in [2.05, 4.69) is 10.3 Å². The molecule has 2 heterocycles. The summed E-state index contributed by atoms with van der Waals surface area (Å²) < 4.78 is 0. The molecule has 3 heteroatoms. The quantitative estimate of drug-likeness (QED) is 0.667. The van der Waals surface area contributed by atoms with Gasteiger partial charge in [0.25, 0.3) is 0 Å². The highest BCUT2D eigenvalue weighted by Crippen LogP contribution is 2.37. The van der Waals surface area contributed by atoms with E-state index in [0.717, 1.165) is 38.6 Å². The fraction of sp³-hybridized carbons (Fsp3) is 0.636. The zero-order chi connectivity index (χ0) is 9.86. The van der Waals surface area contributed by atoms with Crippen molar-refractivity contribution in [3.05, 3.63) is 12.3 Å². The van der Waals surface area contributed by atoms with E-state index >= 15 is 0 Å². The Morgan fingerprint density at radius 1 is 1.43 bits per heavy atom. The summed E-state index contributed by atoms with van der Waals surface area (Å²) in [5.41, 5.74) is -0.260. The average Bonchev–Trinajstić information content (AvgIpc) is 2.31. The van der Waals surface area contributed by atoms with Crippen molar-refractivity contribution in [2.45, 2.75) is 19.3 Å². The van der Waals surface area contributed by atoms with Gasteiger partial charge in [0.15, 0.2) is 0 Å². The predicted molar refractivity (Wildman–Crippen MR) is 56.3 cm³/mol. The van der Waals surface area contributed by atoms with E-state index in [9.17, 15) is 4.79 Å².